The van der Waals surface area contributed by atoms with Gasteiger partial charge in [0.1, 0.15) is 5.75 Å². The molecular weight excluding hydrogens is 306 g/mol. The van der Waals surface area contributed by atoms with Crippen molar-refractivity contribution in [2.24, 2.45) is 0 Å². The van der Waals surface area contributed by atoms with Crippen molar-refractivity contribution in [1.82, 2.24) is 9.21 Å². The van der Waals surface area contributed by atoms with Crippen LogP contribution in [-0.2, 0) is 14.8 Å². The second-order valence-electron chi connectivity index (χ2n) is 5.61. The molecule has 1 amide bonds. The molecule has 0 aromatic heterocycles. The number of carbonyl (C=O) groups is 1. The number of piperazine rings is 1. The van der Waals surface area contributed by atoms with E-state index in [2.05, 4.69) is 10.2 Å². The van der Waals surface area contributed by atoms with Gasteiger partial charge in [-0.2, -0.15) is 4.31 Å². The van der Waals surface area contributed by atoms with Crippen LogP contribution in [0.3, 0.4) is 0 Å². The summed E-state index contributed by atoms with van der Waals surface area (Å²) in [7, 11) is -1.56. The Morgan fingerprint density at radius 1 is 1.23 bits per heavy atom. The zero-order valence-corrected chi connectivity index (χ0v) is 13.4. The number of benzene rings is 1. The van der Waals surface area contributed by atoms with Gasteiger partial charge in [-0.25, -0.2) is 8.42 Å². The number of likely N-dealkylation sites (N-methyl/N-ethyl adjacent to an activating group) is 1. The predicted molar refractivity (Wildman–Crippen MR) is 81.4 cm³/mol. The Hall–Kier alpha value is -1.64. The van der Waals surface area contributed by atoms with Gasteiger partial charge in [0.2, 0.25) is 10.0 Å². The molecule has 1 aromatic carbocycles. The van der Waals surface area contributed by atoms with Crippen molar-refractivity contribution in [1.29, 1.82) is 0 Å². The summed E-state index contributed by atoms with van der Waals surface area (Å²) in [6.07, 6.45) is -0.630. The molecule has 22 heavy (non-hydrogen) atoms. The molecule has 8 heteroatoms. The van der Waals surface area contributed by atoms with Gasteiger partial charge in [-0.3, -0.25) is 4.79 Å². The van der Waals surface area contributed by atoms with Crippen molar-refractivity contribution in [3.63, 3.8) is 0 Å². The summed E-state index contributed by atoms with van der Waals surface area (Å²) < 4.78 is 32.3. The van der Waals surface area contributed by atoms with Crippen LogP contribution in [0.15, 0.2) is 23.1 Å². The van der Waals surface area contributed by atoms with Gasteiger partial charge in [-0.15, -0.1) is 0 Å². The van der Waals surface area contributed by atoms with Crippen LogP contribution in [0.1, 0.15) is 6.92 Å². The first kappa shape index (κ1) is 15.3. The summed E-state index contributed by atoms with van der Waals surface area (Å²) in [6.45, 7) is 4.01. The standard InChI is InChI=1S/C14H19N3O4S/c1-10-14(18)15-12-4-3-11(9-13(12)21-10)22(19,20)17-7-5-16(2)6-8-17/h3-4,9-10H,5-8H2,1-2H3,(H,15,18). The van der Waals surface area contributed by atoms with E-state index < -0.39 is 16.1 Å². The van der Waals surface area contributed by atoms with Crippen LogP contribution in [-0.4, -0.2) is 62.9 Å². The summed E-state index contributed by atoms with van der Waals surface area (Å²) in [4.78, 5) is 13.8. The summed E-state index contributed by atoms with van der Waals surface area (Å²) >= 11 is 0. The molecule has 2 aliphatic heterocycles. The van der Waals surface area contributed by atoms with Crippen molar-refractivity contribution >= 4 is 21.6 Å². The average molecular weight is 325 g/mol. The molecule has 7 nitrogen and oxygen atoms in total. The van der Waals surface area contributed by atoms with Crippen LogP contribution in [0.5, 0.6) is 5.75 Å². The molecule has 1 atom stereocenters. The summed E-state index contributed by atoms with van der Waals surface area (Å²) in [5.74, 6) is 0.157. The van der Waals surface area contributed by atoms with Crippen LogP contribution >= 0.6 is 0 Å². The minimum atomic E-state index is -3.54. The van der Waals surface area contributed by atoms with Gasteiger partial charge in [0, 0.05) is 32.2 Å². The van der Waals surface area contributed by atoms with Crippen LogP contribution in [0.25, 0.3) is 0 Å². The maximum Gasteiger partial charge on any atom is 0.265 e. The highest BCUT2D eigenvalue weighted by Gasteiger charge is 2.30. The first-order valence-corrected chi connectivity index (χ1v) is 8.62. The molecule has 0 saturated carbocycles. The van der Waals surface area contributed by atoms with E-state index in [9.17, 15) is 13.2 Å². The quantitative estimate of drug-likeness (QED) is 0.848. The first-order valence-electron chi connectivity index (χ1n) is 7.18. The molecule has 0 spiro atoms. The number of amides is 1. The fourth-order valence-electron chi connectivity index (χ4n) is 2.52. The highest BCUT2D eigenvalue weighted by Crippen LogP contribution is 2.33. The van der Waals surface area contributed by atoms with E-state index in [-0.39, 0.29) is 10.8 Å². The summed E-state index contributed by atoms with van der Waals surface area (Å²) in [5.41, 5.74) is 0.500. The molecule has 1 saturated heterocycles. The molecule has 1 fully saturated rings. The number of anilines is 1. The highest BCUT2D eigenvalue weighted by molar-refractivity contribution is 7.89. The number of carbonyl (C=O) groups excluding carboxylic acids is 1. The highest BCUT2D eigenvalue weighted by atomic mass is 32.2. The molecule has 0 bridgehead atoms. The van der Waals surface area contributed by atoms with Gasteiger partial charge in [-0.1, -0.05) is 0 Å². The number of hydrogen-bond acceptors (Lipinski definition) is 5. The van der Waals surface area contributed by atoms with E-state index >= 15 is 0 Å². The fourth-order valence-corrected chi connectivity index (χ4v) is 3.96. The number of sulfonamides is 1. The Kier molecular flexibility index (Phi) is 3.84. The fraction of sp³-hybridized carbons (Fsp3) is 0.500. The Labute approximate surface area is 129 Å². The van der Waals surface area contributed by atoms with E-state index in [1.54, 1.807) is 13.0 Å². The molecule has 1 aromatic rings. The lowest BCUT2D eigenvalue weighted by Crippen LogP contribution is -2.47. The normalized spacial score (nSPS) is 23.5. The van der Waals surface area contributed by atoms with Gasteiger partial charge >= 0.3 is 0 Å². The summed E-state index contributed by atoms with van der Waals surface area (Å²) in [6, 6.07) is 4.56. The van der Waals surface area contributed by atoms with Crippen LogP contribution in [0.2, 0.25) is 0 Å². The third kappa shape index (κ3) is 2.69. The van der Waals surface area contributed by atoms with Crippen molar-refractivity contribution in [2.45, 2.75) is 17.9 Å². The number of nitrogens with zero attached hydrogens (tertiary/aromatic N) is 2. The van der Waals surface area contributed by atoms with Gasteiger partial charge in [0.05, 0.1) is 10.6 Å². The number of hydrogen-bond donors (Lipinski definition) is 1. The Morgan fingerprint density at radius 2 is 1.91 bits per heavy atom. The van der Waals surface area contributed by atoms with Gasteiger partial charge in [-0.05, 0) is 26.1 Å². The van der Waals surface area contributed by atoms with Gasteiger partial charge in [0.15, 0.2) is 6.10 Å². The zero-order chi connectivity index (χ0) is 15.9. The maximum absolute atomic E-state index is 12.7. The van der Waals surface area contributed by atoms with Crippen molar-refractivity contribution < 1.29 is 17.9 Å². The van der Waals surface area contributed by atoms with E-state index in [0.717, 1.165) is 0 Å². The van der Waals surface area contributed by atoms with E-state index in [1.807, 2.05) is 7.05 Å². The SMILES string of the molecule is CC1Oc2cc(S(=O)(=O)N3CCN(C)CC3)ccc2NC1=O. The average Bonchev–Trinajstić information content (AvgIpc) is 2.48. The zero-order valence-electron chi connectivity index (χ0n) is 12.6. The van der Waals surface area contributed by atoms with E-state index in [0.29, 0.717) is 37.6 Å². The molecule has 0 radical (unpaired) electrons. The molecule has 3 rings (SSSR count). The molecule has 1 N–H and O–H groups in total. The molecular formula is C14H19N3O4S. The van der Waals surface area contributed by atoms with Crippen LogP contribution in [0.4, 0.5) is 5.69 Å². The lowest BCUT2D eigenvalue weighted by Gasteiger charge is -2.32. The number of fused-ring (bicyclic) bond motifs is 1. The topological polar surface area (TPSA) is 79.0 Å². The lowest BCUT2D eigenvalue weighted by molar-refractivity contribution is -0.122. The second kappa shape index (κ2) is 5.53. The molecule has 2 aliphatic rings. The number of nitrogens with one attached hydrogen (secondary N) is 1. The van der Waals surface area contributed by atoms with Crippen LogP contribution < -0.4 is 10.1 Å². The molecule has 2 heterocycles. The van der Waals surface area contributed by atoms with Crippen LogP contribution in [0, 0.1) is 0 Å². The number of rotatable bonds is 2. The largest absolute Gasteiger partial charge is 0.479 e. The minimum absolute atomic E-state index is 0.194. The van der Waals surface area contributed by atoms with Gasteiger partial charge in [0.25, 0.3) is 5.91 Å². The third-order valence-electron chi connectivity index (χ3n) is 3.98. The smallest absolute Gasteiger partial charge is 0.265 e. The molecule has 0 aliphatic carbocycles. The monoisotopic (exact) mass is 325 g/mol. The second-order valence-corrected chi connectivity index (χ2v) is 7.55. The Bertz CT molecular complexity index is 696. The van der Waals surface area contributed by atoms with Crippen molar-refractivity contribution in [2.75, 3.05) is 38.5 Å². The van der Waals surface area contributed by atoms with Crippen molar-refractivity contribution in [3.05, 3.63) is 18.2 Å². The Balaban J connectivity index is 1.89. The number of ether oxygens (including phenoxy) is 1. The van der Waals surface area contributed by atoms with Crippen molar-refractivity contribution in [3.8, 4) is 5.75 Å². The van der Waals surface area contributed by atoms with E-state index in [4.69, 9.17) is 4.74 Å². The van der Waals surface area contributed by atoms with Gasteiger partial charge < -0.3 is 15.0 Å². The molecule has 1 unspecified atom stereocenters. The molecule has 120 valence electrons. The maximum atomic E-state index is 12.7. The third-order valence-corrected chi connectivity index (χ3v) is 5.88. The van der Waals surface area contributed by atoms with E-state index in [1.165, 1.54) is 16.4 Å². The lowest BCUT2D eigenvalue weighted by atomic mass is 10.2. The first-order chi connectivity index (χ1) is 10.4. The predicted octanol–water partition coefficient (Wildman–Crippen LogP) is 0.342. The minimum Gasteiger partial charge on any atom is -0.479 e. The Morgan fingerprint density at radius 3 is 2.59 bits per heavy atom. The summed E-state index contributed by atoms with van der Waals surface area (Å²) in [5, 5.41) is 2.69.